The van der Waals surface area contributed by atoms with E-state index in [4.69, 9.17) is 0 Å². The summed E-state index contributed by atoms with van der Waals surface area (Å²) in [4.78, 5) is 14.2. The lowest BCUT2D eigenvalue weighted by Crippen LogP contribution is -2.22. The Kier molecular flexibility index (Phi) is 2.19. The fourth-order valence-electron chi connectivity index (χ4n) is 1.82. The molecule has 1 aromatic heterocycles. The van der Waals surface area contributed by atoms with Crippen LogP contribution >= 0.6 is 0 Å². The highest BCUT2D eigenvalue weighted by Gasteiger charge is 2.18. The second-order valence-electron chi connectivity index (χ2n) is 3.61. The molecule has 1 aliphatic rings. The zero-order valence-electron chi connectivity index (χ0n) is 7.76. The summed E-state index contributed by atoms with van der Waals surface area (Å²) >= 11 is 0. The third-order valence-electron chi connectivity index (χ3n) is 2.51. The molecule has 1 atom stereocenters. The third-order valence-corrected chi connectivity index (χ3v) is 2.51. The van der Waals surface area contributed by atoms with Crippen LogP contribution < -0.4 is 10.9 Å². The number of hydrogen-bond acceptors (Lipinski definition) is 2. The second-order valence-corrected chi connectivity index (χ2v) is 3.61. The standard InChI is InChI=1S/C10H14N2O/c1-7-5-8(10(13)12-6-7)9-3-2-4-11-9/h5-6,9,11H,2-4H2,1H3,(H,12,13)/t9-/m0/s1. The molecule has 0 aromatic carbocycles. The Balaban J connectivity index is 2.37. The van der Waals surface area contributed by atoms with Crippen molar-refractivity contribution in [2.75, 3.05) is 6.54 Å². The first-order valence-corrected chi connectivity index (χ1v) is 4.70. The molecule has 0 radical (unpaired) electrons. The number of pyridine rings is 1. The Morgan fingerprint density at radius 2 is 2.38 bits per heavy atom. The molecule has 0 saturated carbocycles. The minimum Gasteiger partial charge on any atom is -0.329 e. The molecule has 1 aromatic rings. The highest BCUT2D eigenvalue weighted by atomic mass is 16.1. The van der Waals surface area contributed by atoms with E-state index in [1.165, 1.54) is 0 Å². The van der Waals surface area contributed by atoms with E-state index in [1.807, 2.05) is 13.0 Å². The number of nitrogens with one attached hydrogen (secondary N) is 2. The maximum atomic E-state index is 11.5. The van der Waals surface area contributed by atoms with Crippen LogP contribution in [0.5, 0.6) is 0 Å². The molecular formula is C10H14N2O. The summed E-state index contributed by atoms with van der Waals surface area (Å²) in [5.41, 5.74) is 2.05. The maximum absolute atomic E-state index is 11.5. The van der Waals surface area contributed by atoms with Crippen molar-refractivity contribution in [1.29, 1.82) is 0 Å². The van der Waals surface area contributed by atoms with E-state index in [0.29, 0.717) is 0 Å². The quantitative estimate of drug-likeness (QED) is 0.676. The van der Waals surface area contributed by atoms with Gasteiger partial charge in [0, 0.05) is 17.8 Å². The van der Waals surface area contributed by atoms with Gasteiger partial charge in [0.15, 0.2) is 0 Å². The van der Waals surface area contributed by atoms with E-state index >= 15 is 0 Å². The molecule has 1 saturated heterocycles. The average molecular weight is 178 g/mol. The second kappa shape index (κ2) is 3.34. The van der Waals surface area contributed by atoms with E-state index in [0.717, 1.165) is 30.5 Å². The average Bonchev–Trinajstić information content (AvgIpc) is 2.61. The number of hydrogen-bond donors (Lipinski definition) is 2. The van der Waals surface area contributed by atoms with Crippen LogP contribution in [0.1, 0.15) is 30.0 Å². The van der Waals surface area contributed by atoms with Crippen LogP contribution in [0.4, 0.5) is 0 Å². The Labute approximate surface area is 77.2 Å². The predicted octanol–water partition coefficient (Wildman–Crippen LogP) is 1.11. The van der Waals surface area contributed by atoms with Gasteiger partial charge in [-0.2, -0.15) is 0 Å². The predicted molar refractivity (Wildman–Crippen MR) is 51.8 cm³/mol. The van der Waals surface area contributed by atoms with E-state index in [2.05, 4.69) is 10.3 Å². The van der Waals surface area contributed by atoms with Gasteiger partial charge in [-0.15, -0.1) is 0 Å². The molecule has 2 rings (SSSR count). The first kappa shape index (κ1) is 8.51. The fourth-order valence-corrected chi connectivity index (χ4v) is 1.82. The van der Waals surface area contributed by atoms with Crippen molar-refractivity contribution < 1.29 is 0 Å². The Morgan fingerprint density at radius 1 is 1.54 bits per heavy atom. The van der Waals surface area contributed by atoms with E-state index < -0.39 is 0 Å². The molecule has 70 valence electrons. The van der Waals surface area contributed by atoms with Gasteiger partial charge in [-0.25, -0.2) is 0 Å². The molecular weight excluding hydrogens is 164 g/mol. The van der Waals surface area contributed by atoms with Gasteiger partial charge < -0.3 is 10.3 Å². The van der Waals surface area contributed by atoms with Gasteiger partial charge >= 0.3 is 0 Å². The number of rotatable bonds is 1. The summed E-state index contributed by atoms with van der Waals surface area (Å²) in [5.74, 6) is 0. The van der Waals surface area contributed by atoms with Crippen molar-refractivity contribution in [3.8, 4) is 0 Å². The molecule has 0 amide bonds. The van der Waals surface area contributed by atoms with Crippen LogP contribution in [-0.2, 0) is 0 Å². The summed E-state index contributed by atoms with van der Waals surface area (Å²) < 4.78 is 0. The van der Waals surface area contributed by atoms with Gasteiger partial charge in [0.25, 0.3) is 5.56 Å². The number of aryl methyl sites for hydroxylation is 1. The largest absolute Gasteiger partial charge is 0.329 e. The normalized spacial score (nSPS) is 22.1. The first-order valence-electron chi connectivity index (χ1n) is 4.70. The zero-order chi connectivity index (χ0) is 9.26. The lowest BCUT2D eigenvalue weighted by atomic mass is 10.1. The Morgan fingerprint density at radius 3 is 3.08 bits per heavy atom. The molecule has 3 nitrogen and oxygen atoms in total. The van der Waals surface area contributed by atoms with Crippen molar-refractivity contribution in [3.05, 3.63) is 33.7 Å². The summed E-state index contributed by atoms with van der Waals surface area (Å²) in [5, 5.41) is 3.32. The molecule has 0 unspecified atom stereocenters. The van der Waals surface area contributed by atoms with Crippen molar-refractivity contribution in [2.24, 2.45) is 0 Å². The van der Waals surface area contributed by atoms with E-state index in [1.54, 1.807) is 6.20 Å². The minimum atomic E-state index is 0.0463. The Bertz CT molecular complexity index is 350. The van der Waals surface area contributed by atoms with Crippen LogP contribution in [0.25, 0.3) is 0 Å². The molecule has 0 aliphatic carbocycles. The molecule has 2 N–H and O–H groups in total. The third kappa shape index (κ3) is 1.65. The zero-order valence-corrected chi connectivity index (χ0v) is 7.76. The Hall–Kier alpha value is -1.09. The van der Waals surface area contributed by atoms with Gasteiger partial charge in [-0.05, 0) is 37.9 Å². The van der Waals surface area contributed by atoms with Crippen LogP contribution in [0.3, 0.4) is 0 Å². The van der Waals surface area contributed by atoms with E-state index in [9.17, 15) is 4.79 Å². The smallest absolute Gasteiger partial charge is 0.252 e. The van der Waals surface area contributed by atoms with Crippen molar-refractivity contribution in [1.82, 2.24) is 10.3 Å². The molecule has 1 aliphatic heterocycles. The molecule has 13 heavy (non-hydrogen) atoms. The lowest BCUT2D eigenvalue weighted by Gasteiger charge is -2.09. The lowest BCUT2D eigenvalue weighted by molar-refractivity contribution is 0.638. The van der Waals surface area contributed by atoms with Gasteiger partial charge in [0.1, 0.15) is 0 Å². The summed E-state index contributed by atoms with van der Waals surface area (Å²) in [6, 6.07) is 2.24. The highest BCUT2D eigenvalue weighted by molar-refractivity contribution is 5.21. The summed E-state index contributed by atoms with van der Waals surface area (Å²) in [6.07, 6.45) is 3.99. The SMILES string of the molecule is Cc1c[nH]c(=O)c([C@@H]2CCCN2)c1. The summed E-state index contributed by atoms with van der Waals surface area (Å²) in [6.45, 7) is 3.02. The van der Waals surface area contributed by atoms with Crippen molar-refractivity contribution >= 4 is 0 Å². The molecule has 0 spiro atoms. The number of H-pyrrole nitrogens is 1. The molecule has 2 heterocycles. The molecule has 3 heteroatoms. The van der Waals surface area contributed by atoms with Gasteiger partial charge in [0.05, 0.1) is 0 Å². The van der Waals surface area contributed by atoms with Crippen LogP contribution in [-0.4, -0.2) is 11.5 Å². The van der Waals surface area contributed by atoms with Crippen LogP contribution in [0.15, 0.2) is 17.1 Å². The maximum Gasteiger partial charge on any atom is 0.252 e. The van der Waals surface area contributed by atoms with Gasteiger partial charge in [0.2, 0.25) is 0 Å². The van der Waals surface area contributed by atoms with Gasteiger partial charge in [-0.1, -0.05) is 0 Å². The topological polar surface area (TPSA) is 44.9 Å². The van der Waals surface area contributed by atoms with Crippen molar-refractivity contribution in [3.63, 3.8) is 0 Å². The molecule has 1 fully saturated rings. The van der Waals surface area contributed by atoms with Crippen LogP contribution in [0.2, 0.25) is 0 Å². The minimum absolute atomic E-state index is 0.0463. The summed E-state index contributed by atoms with van der Waals surface area (Å²) in [7, 11) is 0. The fraction of sp³-hybridized carbons (Fsp3) is 0.500. The highest BCUT2D eigenvalue weighted by Crippen LogP contribution is 2.20. The van der Waals surface area contributed by atoms with Crippen molar-refractivity contribution in [2.45, 2.75) is 25.8 Å². The first-order chi connectivity index (χ1) is 6.27. The van der Waals surface area contributed by atoms with Crippen LogP contribution in [0, 0.1) is 6.92 Å². The number of aromatic nitrogens is 1. The van der Waals surface area contributed by atoms with E-state index in [-0.39, 0.29) is 11.6 Å². The van der Waals surface area contributed by atoms with Gasteiger partial charge in [-0.3, -0.25) is 4.79 Å². The number of aromatic amines is 1. The monoisotopic (exact) mass is 178 g/mol. The molecule has 0 bridgehead atoms.